The lowest BCUT2D eigenvalue weighted by atomic mass is 9.83. The molecule has 78 valence electrons. The lowest BCUT2D eigenvalue weighted by molar-refractivity contribution is -0.134. The summed E-state index contributed by atoms with van der Waals surface area (Å²) in [5.41, 5.74) is 0.228. The van der Waals surface area contributed by atoms with E-state index in [1.807, 2.05) is 0 Å². The summed E-state index contributed by atoms with van der Waals surface area (Å²) in [5, 5.41) is 0. The van der Waals surface area contributed by atoms with Gasteiger partial charge in [0.2, 0.25) is 0 Å². The molecule has 3 atom stereocenters. The van der Waals surface area contributed by atoms with Crippen molar-refractivity contribution in [3.63, 3.8) is 0 Å². The zero-order valence-corrected chi connectivity index (χ0v) is 9.46. The van der Waals surface area contributed by atoms with Crippen molar-refractivity contribution in [1.82, 2.24) is 0 Å². The predicted octanol–water partition coefficient (Wildman–Crippen LogP) is 2.62. The molecule has 2 heteroatoms. The van der Waals surface area contributed by atoms with Crippen molar-refractivity contribution in [1.29, 1.82) is 0 Å². The molecule has 0 aromatic rings. The van der Waals surface area contributed by atoms with Gasteiger partial charge < -0.3 is 9.47 Å². The molecule has 0 amide bonds. The van der Waals surface area contributed by atoms with Crippen LogP contribution in [0.1, 0.15) is 40.5 Å². The highest BCUT2D eigenvalue weighted by Gasteiger charge is 2.34. The molecule has 0 aromatic carbocycles. The van der Waals surface area contributed by atoms with Crippen molar-refractivity contribution in [3.8, 4) is 0 Å². The molecule has 0 aromatic heterocycles. The summed E-state index contributed by atoms with van der Waals surface area (Å²) in [4.78, 5) is 0. The SMILES string of the molecule is CO[C@@H]1C[C@H](C)O[C@@H](C(C)(C)C)C1. The van der Waals surface area contributed by atoms with Gasteiger partial charge in [-0.15, -0.1) is 0 Å². The Bertz CT molecular complexity index is 160. The first-order valence-electron chi connectivity index (χ1n) is 5.11. The van der Waals surface area contributed by atoms with E-state index in [2.05, 4.69) is 27.7 Å². The molecule has 2 nitrogen and oxygen atoms in total. The van der Waals surface area contributed by atoms with Gasteiger partial charge in [0.1, 0.15) is 0 Å². The van der Waals surface area contributed by atoms with Gasteiger partial charge in [0.05, 0.1) is 18.3 Å². The van der Waals surface area contributed by atoms with Crippen LogP contribution in [-0.4, -0.2) is 25.4 Å². The van der Waals surface area contributed by atoms with Crippen LogP contribution >= 0.6 is 0 Å². The molecule has 13 heavy (non-hydrogen) atoms. The highest BCUT2D eigenvalue weighted by atomic mass is 16.5. The Hall–Kier alpha value is -0.0800. The van der Waals surface area contributed by atoms with Crippen LogP contribution in [0.15, 0.2) is 0 Å². The van der Waals surface area contributed by atoms with E-state index < -0.39 is 0 Å². The van der Waals surface area contributed by atoms with E-state index in [1.54, 1.807) is 7.11 Å². The van der Waals surface area contributed by atoms with E-state index >= 15 is 0 Å². The average molecular weight is 186 g/mol. The van der Waals surface area contributed by atoms with Crippen molar-refractivity contribution < 1.29 is 9.47 Å². The average Bonchev–Trinajstić information content (AvgIpc) is 2.01. The van der Waals surface area contributed by atoms with Crippen LogP contribution in [-0.2, 0) is 9.47 Å². The molecule has 0 saturated carbocycles. The minimum absolute atomic E-state index is 0.228. The number of hydrogen-bond acceptors (Lipinski definition) is 2. The summed E-state index contributed by atoms with van der Waals surface area (Å²) in [6.07, 6.45) is 3.12. The zero-order valence-electron chi connectivity index (χ0n) is 9.46. The summed E-state index contributed by atoms with van der Waals surface area (Å²) >= 11 is 0. The fourth-order valence-corrected chi connectivity index (χ4v) is 1.85. The van der Waals surface area contributed by atoms with E-state index in [0.29, 0.717) is 18.3 Å². The minimum atomic E-state index is 0.228. The summed E-state index contributed by atoms with van der Waals surface area (Å²) in [6, 6.07) is 0. The van der Waals surface area contributed by atoms with Gasteiger partial charge in [-0.2, -0.15) is 0 Å². The monoisotopic (exact) mass is 186 g/mol. The van der Waals surface area contributed by atoms with Gasteiger partial charge in [-0.3, -0.25) is 0 Å². The molecule has 1 aliphatic heterocycles. The summed E-state index contributed by atoms with van der Waals surface area (Å²) in [5.74, 6) is 0. The van der Waals surface area contributed by atoms with Crippen LogP contribution < -0.4 is 0 Å². The fourth-order valence-electron chi connectivity index (χ4n) is 1.85. The Kier molecular flexibility index (Phi) is 3.36. The van der Waals surface area contributed by atoms with Crippen molar-refractivity contribution in [2.24, 2.45) is 5.41 Å². The van der Waals surface area contributed by atoms with Gasteiger partial charge in [0, 0.05) is 13.5 Å². The maximum atomic E-state index is 5.90. The second-order valence-corrected chi connectivity index (χ2v) is 5.13. The normalized spacial score (nSPS) is 36.2. The molecule has 0 radical (unpaired) electrons. The lowest BCUT2D eigenvalue weighted by Crippen LogP contribution is -2.42. The Balaban J connectivity index is 2.57. The number of rotatable bonds is 1. The number of methoxy groups -OCH3 is 1. The molecule has 0 spiro atoms. The second-order valence-electron chi connectivity index (χ2n) is 5.13. The standard InChI is InChI=1S/C11H22O2/c1-8-6-9(12-5)7-10(13-8)11(2,3)4/h8-10H,6-7H2,1-5H3/t8-,9+,10+/m0/s1. The Labute approximate surface area is 81.6 Å². The molecule has 1 fully saturated rings. The van der Waals surface area contributed by atoms with Crippen molar-refractivity contribution >= 4 is 0 Å². The maximum Gasteiger partial charge on any atom is 0.0651 e. The van der Waals surface area contributed by atoms with Crippen LogP contribution in [0.25, 0.3) is 0 Å². The zero-order chi connectivity index (χ0) is 10.1. The Morgan fingerprint density at radius 3 is 2.31 bits per heavy atom. The quantitative estimate of drug-likeness (QED) is 0.626. The molecule has 0 N–H and O–H groups in total. The van der Waals surface area contributed by atoms with Gasteiger partial charge in [0.15, 0.2) is 0 Å². The summed E-state index contributed by atoms with van der Waals surface area (Å²) < 4.78 is 11.3. The van der Waals surface area contributed by atoms with Gasteiger partial charge in [-0.25, -0.2) is 0 Å². The van der Waals surface area contributed by atoms with Crippen LogP contribution in [0.2, 0.25) is 0 Å². The van der Waals surface area contributed by atoms with E-state index in [9.17, 15) is 0 Å². The van der Waals surface area contributed by atoms with Crippen molar-refractivity contribution in [2.45, 2.75) is 58.8 Å². The van der Waals surface area contributed by atoms with E-state index in [-0.39, 0.29) is 5.41 Å². The van der Waals surface area contributed by atoms with Gasteiger partial charge >= 0.3 is 0 Å². The highest BCUT2D eigenvalue weighted by molar-refractivity contribution is 4.83. The predicted molar refractivity (Wildman–Crippen MR) is 53.8 cm³/mol. The van der Waals surface area contributed by atoms with Crippen LogP contribution in [0, 0.1) is 5.41 Å². The molecular weight excluding hydrogens is 164 g/mol. The van der Waals surface area contributed by atoms with Gasteiger partial charge in [-0.05, 0) is 18.8 Å². The van der Waals surface area contributed by atoms with E-state index in [0.717, 1.165) is 12.8 Å². The van der Waals surface area contributed by atoms with Crippen molar-refractivity contribution in [2.75, 3.05) is 7.11 Å². The molecule has 0 aliphatic carbocycles. The fraction of sp³-hybridized carbons (Fsp3) is 1.00. The molecular formula is C11H22O2. The van der Waals surface area contributed by atoms with Gasteiger partial charge in [0.25, 0.3) is 0 Å². The van der Waals surface area contributed by atoms with Crippen LogP contribution in [0.3, 0.4) is 0 Å². The van der Waals surface area contributed by atoms with Crippen LogP contribution in [0.5, 0.6) is 0 Å². The smallest absolute Gasteiger partial charge is 0.0651 e. The molecule has 1 saturated heterocycles. The Morgan fingerprint density at radius 2 is 1.85 bits per heavy atom. The molecule has 1 aliphatic rings. The third kappa shape index (κ3) is 2.96. The van der Waals surface area contributed by atoms with E-state index in [1.165, 1.54) is 0 Å². The first-order chi connectivity index (χ1) is 5.93. The summed E-state index contributed by atoms with van der Waals surface area (Å²) in [6.45, 7) is 8.80. The first kappa shape index (κ1) is 11.0. The van der Waals surface area contributed by atoms with Crippen molar-refractivity contribution in [3.05, 3.63) is 0 Å². The highest BCUT2D eigenvalue weighted by Crippen LogP contribution is 2.32. The first-order valence-corrected chi connectivity index (χ1v) is 5.11. The van der Waals surface area contributed by atoms with E-state index in [4.69, 9.17) is 9.47 Å². The Morgan fingerprint density at radius 1 is 1.23 bits per heavy atom. The minimum Gasteiger partial charge on any atom is -0.381 e. The van der Waals surface area contributed by atoms with Crippen LogP contribution in [0.4, 0.5) is 0 Å². The third-order valence-electron chi connectivity index (χ3n) is 2.77. The summed E-state index contributed by atoms with van der Waals surface area (Å²) in [7, 11) is 1.79. The molecule has 1 heterocycles. The topological polar surface area (TPSA) is 18.5 Å². The maximum absolute atomic E-state index is 5.90. The third-order valence-corrected chi connectivity index (χ3v) is 2.77. The number of ether oxygens (including phenoxy) is 2. The number of hydrogen-bond donors (Lipinski definition) is 0. The van der Waals surface area contributed by atoms with Gasteiger partial charge in [-0.1, -0.05) is 20.8 Å². The molecule has 0 unspecified atom stereocenters. The molecule has 0 bridgehead atoms. The lowest BCUT2D eigenvalue weighted by Gasteiger charge is -2.40. The second kappa shape index (κ2) is 3.97. The molecule has 1 rings (SSSR count). The largest absolute Gasteiger partial charge is 0.381 e.